The molecule has 30 heavy (non-hydrogen) atoms. The zero-order valence-corrected chi connectivity index (χ0v) is 16.0. The summed E-state index contributed by atoms with van der Waals surface area (Å²) in [6.45, 7) is 1.07. The van der Waals surface area contributed by atoms with Crippen molar-refractivity contribution in [3.8, 4) is 11.5 Å². The second-order valence-electron chi connectivity index (χ2n) is 6.16. The molecule has 0 aliphatic carbocycles. The van der Waals surface area contributed by atoms with Gasteiger partial charge in [-0.15, -0.1) is 0 Å². The molecule has 0 saturated heterocycles. The molecule has 0 heterocycles. The monoisotopic (exact) mass is 414 g/mol. The molecule has 3 rings (SSSR count). The van der Waals surface area contributed by atoms with Crippen molar-refractivity contribution in [2.75, 3.05) is 26.3 Å². The third-order valence-corrected chi connectivity index (χ3v) is 4.17. The highest BCUT2D eigenvalue weighted by molar-refractivity contribution is 6.11. The number of ether oxygens (including phenoxy) is 2. The maximum atomic E-state index is 10.5. The third kappa shape index (κ3) is 5.19. The van der Waals surface area contributed by atoms with Crippen LogP contribution in [0.3, 0.4) is 0 Å². The maximum absolute atomic E-state index is 10.5. The van der Waals surface area contributed by atoms with Gasteiger partial charge in [0.1, 0.15) is 24.7 Å². The average Bonchev–Trinajstić information content (AvgIpc) is 2.73. The van der Waals surface area contributed by atoms with E-state index in [9.17, 15) is 9.59 Å². The van der Waals surface area contributed by atoms with Gasteiger partial charge >= 0.3 is 12.2 Å². The van der Waals surface area contributed by atoms with E-state index in [1.165, 1.54) is 0 Å². The molecule has 6 N–H and O–H groups in total. The molecule has 0 atom stereocenters. The van der Waals surface area contributed by atoms with E-state index in [1.807, 2.05) is 48.5 Å². The molecule has 0 spiro atoms. The molecule has 0 aliphatic heterocycles. The van der Waals surface area contributed by atoms with E-state index < -0.39 is 12.2 Å². The van der Waals surface area contributed by atoms with Crippen molar-refractivity contribution in [3.63, 3.8) is 0 Å². The zero-order chi connectivity index (χ0) is 21.3. The first-order chi connectivity index (χ1) is 14.6. The molecule has 0 bridgehead atoms. The van der Waals surface area contributed by atoms with Crippen molar-refractivity contribution in [3.05, 3.63) is 48.5 Å². The number of amides is 2. The maximum Gasteiger partial charge on any atom is 0.419 e. The quantitative estimate of drug-likeness (QED) is 0.169. The Morgan fingerprint density at radius 2 is 1.00 bits per heavy atom. The normalized spacial score (nSPS) is 10.7. The number of rotatable bonds is 10. The lowest BCUT2D eigenvalue weighted by atomic mass is 10.0. The molecule has 3 aromatic carbocycles. The number of fused-ring (bicyclic) bond motifs is 2. The van der Waals surface area contributed by atoms with E-state index in [2.05, 4.69) is 21.7 Å². The Hall–Kier alpha value is -3.76. The van der Waals surface area contributed by atoms with Crippen molar-refractivity contribution in [2.45, 2.75) is 0 Å². The average molecular weight is 414 g/mol. The van der Waals surface area contributed by atoms with Crippen LogP contribution in [0.5, 0.6) is 11.5 Å². The van der Waals surface area contributed by atoms with E-state index in [4.69, 9.17) is 19.7 Å². The number of hydrazine groups is 2. The van der Waals surface area contributed by atoms with Crippen LogP contribution in [0.15, 0.2) is 48.5 Å². The summed E-state index contributed by atoms with van der Waals surface area (Å²) in [5, 5.41) is 20.6. The van der Waals surface area contributed by atoms with Crippen LogP contribution in [0.25, 0.3) is 21.5 Å². The number of hydrogen-bond donors (Lipinski definition) is 6. The molecule has 10 nitrogen and oxygen atoms in total. The van der Waals surface area contributed by atoms with Crippen molar-refractivity contribution < 1.29 is 29.3 Å². The van der Waals surface area contributed by atoms with Crippen molar-refractivity contribution >= 4 is 33.7 Å². The lowest BCUT2D eigenvalue weighted by Gasteiger charge is -2.18. The fraction of sp³-hybridized carbons (Fsp3) is 0.200. The molecule has 3 aromatic rings. The Labute approximate surface area is 171 Å². The van der Waals surface area contributed by atoms with E-state index in [-0.39, 0.29) is 26.3 Å². The fourth-order valence-corrected chi connectivity index (χ4v) is 3.04. The van der Waals surface area contributed by atoms with E-state index in [0.717, 1.165) is 21.5 Å². The van der Waals surface area contributed by atoms with Gasteiger partial charge in [0.25, 0.3) is 0 Å². The molecule has 0 aliphatic rings. The van der Waals surface area contributed by atoms with Crippen LogP contribution in [0, 0.1) is 0 Å². The van der Waals surface area contributed by atoms with Crippen LogP contribution in [0.1, 0.15) is 0 Å². The predicted molar refractivity (Wildman–Crippen MR) is 111 cm³/mol. The van der Waals surface area contributed by atoms with Crippen LogP contribution in [0.2, 0.25) is 0 Å². The highest BCUT2D eigenvalue weighted by atomic mass is 16.5. The molecule has 0 saturated carbocycles. The molecule has 158 valence electrons. The van der Waals surface area contributed by atoms with E-state index in [1.54, 1.807) is 0 Å². The molecule has 0 fully saturated rings. The van der Waals surface area contributed by atoms with E-state index >= 15 is 0 Å². The lowest BCUT2D eigenvalue weighted by molar-refractivity contribution is 0.186. The van der Waals surface area contributed by atoms with Crippen molar-refractivity contribution in [1.82, 2.24) is 21.7 Å². The first kappa shape index (κ1) is 21.0. The zero-order valence-electron chi connectivity index (χ0n) is 16.0. The van der Waals surface area contributed by atoms with Gasteiger partial charge in [0.15, 0.2) is 0 Å². The van der Waals surface area contributed by atoms with Gasteiger partial charge in [-0.2, -0.15) is 0 Å². The molecule has 2 amide bonds. The van der Waals surface area contributed by atoms with Gasteiger partial charge in [0.2, 0.25) is 0 Å². The van der Waals surface area contributed by atoms with Crippen molar-refractivity contribution in [1.29, 1.82) is 0 Å². The van der Waals surface area contributed by atoms with Gasteiger partial charge in [-0.05, 0) is 0 Å². The summed E-state index contributed by atoms with van der Waals surface area (Å²) in [6, 6.07) is 15.3. The second-order valence-corrected chi connectivity index (χ2v) is 6.16. The van der Waals surface area contributed by atoms with Gasteiger partial charge in [0, 0.05) is 34.6 Å². The summed E-state index contributed by atoms with van der Waals surface area (Å²) in [5.74, 6) is 1.35. The number of hydrogen-bond acceptors (Lipinski definition) is 6. The highest BCUT2D eigenvalue weighted by Gasteiger charge is 2.15. The number of benzene rings is 3. The Morgan fingerprint density at radius 1 is 0.667 bits per heavy atom. The highest BCUT2D eigenvalue weighted by Crippen LogP contribution is 2.42. The van der Waals surface area contributed by atoms with Gasteiger partial charge < -0.3 is 19.7 Å². The molecular formula is C20H22N4O6. The third-order valence-electron chi connectivity index (χ3n) is 4.17. The second kappa shape index (κ2) is 10.1. The molecule has 0 unspecified atom stereocenters. The topological polar surface area (TPSA) is 141 Å². The molecular weight excluding hydrogens is 392 g/mol. The fourth-order valence-electron chi connectivity index (χ4n) is 3.04. The van der Waals surface area contributed by atoms with Gasteiger partial charge in [-0.25, -0.2) is 20.4 Å². The minimum Gasteiger partial charge on any atom is -0.491 e. The summed E-state index contributed by atoms with van der Waals surface area (Å²) in [5.41, 5.74) is 9.26. The number of nitrogens with one attached hydrogen (secondary N) is 4. The van der Waals surface area contributed by atoms with Crippen LogP contribution >= 0.6 is 0 Å². The summed E-state index contributed by atoms with van der Waals surface area (Å²) < 4.78 is 12.0. The van der Waals surface area contributed by atoms with Gasteiger partial charge in [-0.3, -0.25) is 10.9 Å². The smallest absolute Gasteiger partial charge is 0.419 e. The van der Waals surface area contributed by atoms with Crippen LogP contribution in [-0.2, 0) is 0 Å². The number of carbonyl (C=O) groups is 2. The summed E-state index contributed by atoms with van der Waals surface area (Å²) >= 11 is 0. The Balaban J connectivity index is 1.86. The minimum absolute atomic E-state index is 0.249. The van der Waals surface area contributed by atoms with E-state index in [0.29, 0.717) is 11.5 Å². The predicted octanol–water partition coefficient (Wildman–Crippen LogP) is 2.29. The molecule has 0 aromatic heterocycles. The Morgan fingerprint density at radius 3 is 1.30 bits per heavy atom. The SMILES string of the molecule is O=C(O)NNCCOc1c2ccccc2c(OCCNNC(=O)O)c2ccccc12. The Bertz CT molecular complexity index is 903. The largest absolute Gasteiger partial charge is 0.491 e. The minimum atomic E-state index is -1.17. The standard InChI is InChI=1S/C20H22N4O6/c25-19(26)23-21-9-11-29-17-13-5-1-2-6-14(13)18(16-8-4-3-7-15(16)17)30-12-10-22-24-20(27)28/h1-8,21-24H,9-12H2,(H,25,26)(H,27,28). The first-order valence-corrected chi connectivity index (χ1v) is 9.20. The summed E-state index contributed by atoms with van der Waals surface area (Å²) in [7, 11) is 0. The molecule has 10 heteroatoms. The van der Waals surface area contributed by atoms with Crippen LogP contribution < -0.4 is 31.2 Å². The van der Waals surface area contributed by atoms with Crippen LogP contribution in [0.4, 0.5) is 9.59 Å². The molecule has 0 radical (unpaired) electrons. The number of carboxylic acid groups (broad SMARTS) is 2. The Kier molecular flexibility index (Phi) is 7.09. The van der Waals surface area contributed by atoms with Gasteiger partial charge in [-0.1, -0.05) is 48.5 Å². The van der Waals surface area contributed by atoms with Crippen LogP contribution in [-0.4, -0.2) is 48.7 Å². The summed E-state index contributed by atoms with van der Waals surface area (Å²) in [4.78, 5) is 21.0. The lowest BCUT2D eigenvalue weighted by Crippen LogP contribution is -2.38. The summed E-state index contributed by atoms with van der Waals surface area (Å²) in [6.07, 6.45) is -2.33. The van der Waals surface area contributed by atoms with Crippen molar-refractivity contribution in [2.24, 2.45) is 0 Å². The van der Waals surface area contributed by atoms with Gasteiger partial charge in [0.05, 0.1) is 0 Å². The first-order valence-electron chi connectivity index (χ1n) is 9.20.